The first-order chi connectivity index (χ1) is 15.3. The lowest BCUT2D eigenvalue weighted by molar-refractivity contribution is 1.08. The average Bonchev–Trinajstić information content (AvgIpc) is 3.42. The standard InChI is InChI=1S/C26H18ClN3S/c27-21-12-9-20(10-13-21)18-28-26-25(29-24-8-4-5-17-30(24)26)23-16-15-22(31-23)14-11-19-6-2-1-3-7-19/h1-10,12-13,15-17,28H,18H2. The fraction of sp³-hybridized carbons (Fsp3) is 0.0385. The molecule has 0 spiro atoms. The number of halogens is 1. The highest BCUT2D eigenvalue weighted by molar-refractivity contribution is 7.16. The molecule has 0 aliphatic heterocycles. The summed E-state index contributed by atoms with van der Waals surface area (Å²) in [7, 11) is 0. The molecule has 0 saturated heterocycles. The summed E-state index contributed by atoms with van der Waals surface area (Å²) in [6, 6.07) is 28.1. The lowest BCUT2D eigenvalue weighted by Crippen LogP contribution is -2.03. The number of rotatable bonds is 4. The van der Waals surface area contributed by atoms with E-state index >= 15 is 0 Å². The Morgan fingerprint density at radius 3 is 2.52 bits per heavy atom. The minimum absolute atomic E-state index is 0.679. The number of hydrogen-bond acceptors (Lipinski definition) is 3. The maximum Gasteiger partial charge on any atom is 0.139 e. The van der Waals surface area contributed by atoms with Gasteiger partial charge in [0.1, 0.15) is 17.2 Å². The molecule has 31 heavy (non-hydrogen) atoms. The first-order valence-electron chi connectivity index (χ1n) is 9.89. The van der Waals surface area contributed by atoms with Gasteiger partial charge in [0.05, 0.1) is 9.75 Å². The van der Waals surface area contributed by atoms with Crippen molar-refractivity contribution in [1.82, 2.24) is 9.38 Å². The Morgan fingerprint density at radius 2 is 1.68 bits per heavy atom. The normalized spacial score (nSPS) is 10.6. The summed E-state index contributed by atoms with van der Waals surface area (Å²) in [5.74, 6) is 7.46. The molecular formula is C26H18ClN3S. The molecule has 0 saturated carbocycles. The topological polar surface area (TPSA) is 29.3 Å². The third-order valence-corrected chi connectivity index (χ3v) is 6.11. The molecule has 0 unspecified atom stereocenters. The quantitative estimate of drug-likeness (QED) is 0.314. The van der Waals surface area contributed by atoms with Gasteiger partial charge in [-0.05, 0) is 54.1 Å². The third kappa shape index (κ3) is 4.34. The van der Waals surface area contributed by atoms with Crippen molar-refractivity contribution < 1.29 is 0 Å². The number of nitrogens with one attached hydrogen (secondary N) is 1. The Balaban J connectivity index is 1.47. The monoisotopic (exact) mass is 439 g/mol. The SMILES string of the molecule is Clc1ccc(CNc2c(-c3ccc(C#Cc4ccccc4)s3)nc3ccccn23)cc1. The van der Waals surface area contributed by atoms with Gasteiger partial charge in [-0.15, -0.1) is 11.3 Å². The molecule has 0 atom stereocenters. The van der Waals surface area contributed by atoms with E-state index in [2.05, 4.69) is 33.7 Å². The molecule has 0 bridgehead atoms. The van der Waals surface area contributed by atoms with Crippen molar-refractivity contribution >= 4 is 34.4 Å². The van der Waals surface area contributed by atoms with E-state index in [0.717, 1.165) is 43.1 Å². The van der Waals surface area contributed by atoms with E-state index in [0.29, 0.717) is 6.54 Å². The van der Waals surface area contributed by atoms with Crippen molar-refractivity contribution in [3.8, 4) is 22.4 Å². The number of imidazole rings is 1. The fourth-order valence-electron chi connectivity index (χ4n) is 3.31. The summed E-state index contributed by atoms with van der Waals surface area (Å²) in [6.45, 7) is 0.679. The molecule has 0 fully saturated rings. The predicted molar refractivity (Wildman–Crippen MR) is 130 cm³/mol. The van der Waals surface area contributed by atoms with Crippen molar-refractivity contribution in [2.45, 2.75) is 6.54 Å². The van der Waals surface area contributed by atoms with Crippen LogP contribution in [0.1, 0.15) is 16.0 Å². The summed E-state index contributed by atoms with van der Waals surface area (Å²) in [5, 5.41) is 4.30. The number of nitrogens with zero attached hydrogens (tertiary/aromatic N) is 2. The van der Waals surface area contributed by atoms with E-state index in [9.17, 15) is 0 Å². The molecule has 150 valence electrons. The number of thiophene rings is 1. The van der Waals surface area contributed by atoms with Gasteiger partial charge >= 0.3 is 0 Å². The van der Waals surface area contributed by atoms with Crippen LogP contribution < -0.4 is 5.32 Å². The molecule has 2 aromatic carbocycles. The van der Waals surface area contributed by atoms with Gasteiger partial charge in [-0.1, -0.05) is 59.8 Å². The van der Waals surface area contributed by atoms with Gasteiger partial charge < -0.3 is 5.32 Å². The van der Waals surface area contributed by atoms with Crippen LogP contribution in [0.2, 0.25) is 5.02 Å². The molecule has 0 amide bonds. The first kappa shape index (κ1) is 19.4. The second kappa shape index (κ2) is 8.69. The van der Waals surface area contributed by atoms with Crippen LogP contribution in [-0.2, 0) is 6.54 Å². The van der Waals surface area contributed by atoms with E-state index < -0.39 is 0 Å². The molecule has 5 aromatic rings. The van der Waals surface area contributed by atoms with Gasteiger partial charge in [-0.2, -0.15) is 0 Å². The lowest BCUT2D eigenvalue weighted by atomic mass is 10.2. The van der Waals surface area contributed by atoms with Crippen molar-refractivity contribution in [2.24, 2.45) is 0 Å². The maximum absolute atomic E-state index is 6.02. The molecule has 5 heteroatoms. The number of pyridine rings is 1. The summed E-state index contributed by atoms with van der Waals surface area (Å²) in [4.78, 5) is 6.98. The van der Waals surface area contributed by atoms with Crippen LogP contribution in [0.3, 0.4) is 0 Å². The van der Waals surface area contributed by atoms with Crippen LogP contribution in [-0.4, -0.2) is 9.38 Å². The number of aromatic nitrogens is 2. The smallest absolute Gasteiger partial charge is 0.139 e. The van der Waals surface area contributed by atoms with Gasteiger partial charge in [0.15, 0.2) is 0 Å². The van der Waals surface area contributed by atoms with Crippen LogP contribution in [0.4, 0.5) is 5.82 Å². The summed E-state index contributed by atoms with van der Waals surface area (Å²) in [5.41, 5.74) is 4.00. The molecule has 1 N–H and O–H groups in total. The molecule has 3 aromatic heterocycles. The van der Waals surface area contributed by atoms with E-state index in [1.54, 1.807) is 11.3 Å². The van der Waals surface area contributed by atoms with Crippen LogP contribution in [0, 0.1) is 11.8 Å². The number of benzene rings is 2. The highest BCUT2D eigenvalue weighted by Gasteiger charge is 2.15. The van der Waals surface area contributed by atoms with E-state index in [1.807, 2.05) is 79.0 Å². The van der Waals surface area contributed by atoms with Crippen LogP contribution >= 0.6 is 22.9 Å². The van der Waals surface area contributed by atoms with E-state index in [1.165, 1.54) is 0 Å². The lowest BCUT2D eigenvalue weighted by Gasteiger charge is -2.08. The maximum atomic E-state index is 6.02. The minimum atomic E-state index is 0.679. The number of anilines is 1. The molecule has 0 aliphatic rings. The number of hydrogen-bond donors (Lipinski definition) is 1. The van der Waals surface area contributed by atoms with Gasteiger partial charge in [-0.25, -0.2) is 4.98 Å². The Kier molecular flexibility index (Phi) is 5.45. The summed E-state index contributed by atoms with van der Waals surface area (Å²) >= 11 is 7.67. The molecule has 5 rings (SSSR count). The summed E-state index contributed by atoms with van der Waals surface area (Å²) in [6.07, 6.45) is 2.03. The molecule has 3 heterocycles. The van der Waals surface area contributed by atoms with Crippen LogP contribution in [0.5, 0.6) is 0 Å². The van der Waals surface area contributed by atoms with Crippen molar-refractivity contribution in [1.29, 1.82) is 0 Å². The van der Waals surface area contributed by atoms with Crippen LogP contribution in [0.25, 0.3) is 16.2 Å². The largest absolute Gasteiger partial charge is 0.365 e. The Morgan fingerprint density at radius 1 is 0.871 bits per heavy atom. The first-order valence-corrected chi connectivity index (χ1v) is 11.1. The van der Waals surface area contributed by atoms with Crippen molar-refractivity contribution in [3.63, 3.8) is 0 Å². The van der Waals surface area contributed by atoms with Gasteiger partial charge in [0, 0.05) is 23.3 Å². The average molecular weight is 440 g/mol. The molecule has 3 nitrogen and oxygen atoms in total. The van der Waals surface area contributed by atoms with E-state index in [4.69, 9.17) is 16.6 Å². The highest BCUT2D eigenvalue weighted by Crippen LogP contribution is 2.34. The molecule has 0 aliphatic carbocycles. The zero-order chi connectivity index (χ0) is 21.0. The Labute approximate surface area is 190 Å². The second-order valence-corrected chi connectivity index (χ2v) is 8.52. The predicted octanol–water partition coefficient (Wildman–Crippen LogP) is 6.73. The zero-order valence-electron chi connectivity index (χ0n) is 16.5. The van der Waals surface area contributed by atoms with Crippen molar-refractivity contribution in [2.75, 3.05) is 5.32 Å². The highest BCUT2D eigenvalue weighted by atomic mass is 35.5. The van der Waals surface area contributed by atoms with Crippen molar-refractivity contribution in [3.05, 3.63) is 112 Å². The number of fused-ring (bicyclic) bond motifs is 1. The van der Waals surface area contributed by atoms with Gasteiger partial charge in [0.25, 0.3) is 0 Å². The fourth-order valence-corrected chi connectivity index (χ4v) is 4.29. The zero-order valence-corrected chi connectivity index (χ0v) is 18.1. The summed E-state index contributed by atoms with van der Waals surface area (Å²) < 4.78 is 2.08. The minimum Gasteiger partial charge on any atom is -0.365 e. The Hall–Kier alpha value is -3.52. The van der Waals surface area contributed by atoms with E-state index in [-0.39, 0.29) is 0 Å². The second-order valence-electron chi connectivity index (χ2n) is 7.00. The molecule has 0 radical (unpaired) electrons. The third-order valence-electron chi connectivity index (χ3n) is 4.85. The Bertz CT molecular complexity index is 1390. The molecular weight excluding hydrogens is 422 g/mol. The van der Waals surface area contributed by atoms with Gasteiger partial charge in [0.2, 0.25) is 0 Å². The van der Waals surface area contributed by atoms with Crippen LogP contribution in [0.15, 0.2) is 91.1 Å². The van der Waals surface area contributed by atoms with Gasteiger partial charge in [-0.3, -0.25) is 4.40 Å².